The molecule has 16 heavy (non-hydrogen) atoms. The highest BCUT2D eigenvalue weighted by Gasteiger charge is 2.34. The Hall–Kier alpha value is -1.51. The molecule has 3 nitrogen and oxygen atoms in total. The van der Waals surface area contributed by atoms with E-state index in [0.717, 1.165) is 16.7 Å². The Labute approximate surface area is 96.1 Å². The molecule has 0 saturated heterocycles. The second-order valence-electron chi connectivity index (χ2n) is 4.59. The predicted octanol–water partition coefficient (Wildman–Crippen LogP) is 2.67. The first-order valence-corrected chi connectivity index (χ1v) is 5.19. The summed E-state index contributed by atoms with van der Waals surface area (Å²) in [7, 11) is 1.57. The van der Waals surface area contributed by atoms with Gasteiger partial charge in [-0.15, -0.1) is 0 Å². The fourth-order valence-corrected chi connectivity index (χ4v) is 2.00. The number of hydrogen-bond acceptors (Lipinski definition) is 2. The van der Waals surface area contributed by atoms with Crippen molar-refractivity contribution >= 4 is 5.97 Å². The van der Waals surface area contributed by atoms with Gasteiger partial charge in [-0.25, -0.2) is 0 Å². The maximum atomic E-state index is 11.3. The maximum Gasteiger partial charge on any atom is 0.313 e. The minimum absolute atomic E-state index is 0.643. The predicted molar refractivity (Wildman–Crippen MR) is 63.1 cm³/mol. The Morgan fingerprint density at radius 1 is 1.31 bits per heavy atom. The highest BCUT2D eigenvalue weighted by Crippen LogP contribution is 2.35. The van der Waals surface area contributed by atoms with Crippen LogP contribution >= 0.6 is 0 Å². The van der Waals surface area contributed by atoms with Crippen molar-refractivity contribution in [2.45, 2.75) is 33.1 Å². The molecular formula is C13H18O3. The van der Waals surface area contributed by atoms with Crippen LogP contribution in [-0.4, -0.2) is 18.2 Å². The van der Waals surface area contributed by atoms with Crippen molar-refractivity contribution in [1.29, 1.82) is 0 Å². The average Bonchev–Trinajstić information content (AvgIpc) is 2.15. The van der Waals surface area contributed by atoms with Crippen molar-refractivity contribution in [2.75, 3.05) is 7.11 Å². The number of ether oxygens (including phenoxy) is 1. The van der Waals surface area contributed by atoms with Crippen molar-refractivity contribution in [3.63, 3.8) is 0 Å². The molecule has 0 heterocycles. The third-order valence-electron chi connectivity index (χ3n) is 2.82. The summed E-state index contributed by atoms with van der Waals surface area (Å²) in [6.07, 6.45) is 0. The zero-order chi connectivity index (χ0) is 12.5. The Bertz CT molecular complexity index is 419. The van der Waals surface area contributed by atoms with E-state index in [2.05, 4.69) is 0 Å². The Morgan fingerprint density at radius 2 is 1.88 bits per heavy atom. The highest BCUT2D eigenvalue weighted by molar-refractivity contribution is 5.82. The summed E-state index contributed by atoms with van der Waals surface area (Å²) in [5.74, 6) is -0.206. The summed E-state index contributed by atoms with van der Waals surface area (Å²) in [6.45, 7) is 7.26. The topological polar surface area (TPSA) is 46.5 Å². The van der Waals surface area contributed by atoms with Gasteiger partial charge in [-0.1, -0.05) is 6.07 Å². The molecule has 1 N–H and O–H groups in total. The molecule has 0 saturated carbocycles. The lowest BCUT2D eigenvalue weighted by atomic mass is 9.81. The number of aliphatic carboxylic acids is 1. The van der Waals surface area contributed by atoms with Gasteiger partial charge in [-0.3, -0.25) is 4.79 Å². The van der Waals surface area contributed by atoms with Gasteiger partial charge in [-0.05, 0) is 44.9 Å². The molecular weight excluding hydrogens is 204 g/mol. The van der Waals surface area contributed by atoms with Crippen LogP contribution in [0.3, 0.4) is 0 Å². The quantitative estimate of drug-likeness (QED) is 0.855. The van der Waals surface area contributed by atoms with E-state index in [-0.39, 0.29) is 0 Å². The van der Waals surface area contributed by atoms with Crippen LogP contribution in [0.15, 0.2) is 12.1 Å². The fourth-order valence-electron chi connectivity index (χ4n) is 2.00. The van der Waals surface area contributed by atoms with E-state index in [4.69, 9.17) is 4.74 Å². The molecule has 0 fully saturated rings. The number of carboxylic acid groups (broad SMARTS) is 1. The van der Waals surface area contributed by atoms with E-state index in [0.29, 0.717) is 5.75 Å². The van der Waals surface area contributed by atoms with Crippen molar-refractivity contribution in [1.82, 2.24) is 0 Å². The van der Waals surface area contributed by atoms with Gasteiger partial charge < -0.3 is 9.84 Å². The lowest BCUT2D eigenvalue weighted by Crippen LogP contribution is -2.30. The molecule has 0 radical (unpaired) electrons. The summed E-state index contributed by atoms with van der Waals surface area (Å²) >= 11 is 0. The van der Waals surface area contributed by atoms with Crippen molar-refractivity contribution in [2.24, 2.45) is 0 Å². The largest absolute Gasteiger partial charge is 0.496 e. The number of methoxy groups -OCH3 is 1. The second-order valence-corrected chi connectivity index (χ2v) is 4.59. The van der Waals surface area contributed by atoms with E-state index in [1.54, 1.807) is 21.0 Å². The van der Waals surface area contributed by atoms with Gasteiger partial charge in [0.1, 0.15) is 5.75 Å². The average molecular weight is 222 g/mol. The van der Waals surface area contributed by atoms with E-state index >= 15 is 0 Å². The molecule has 1 aromatic carbocycles. The molecule has 0 aromatic heterocycles. The molecule has 1 aromatic rings. The zero-order valence-corrected chi connectivity index (χ0v) is 10.4. The van der Waals surface area contributed by atoms with Gasteiger partial charge in [0.15, 0.2) is 0 Å². The van der Waals surface area contributed by atoms with Crippen LogP contribution in [0.2, 0.25) is 0 Å². The summed E-state index contributed by atoms with van der Waals surface area (Å²) in [5.41, 5.74) is 1.82. The van der Waals surface area contributed by atoms with Gasteiger partial charge in [0.2, 0.25) is 0 Å². The molecule has 1 rings (SSSR count). The fraction of sp³-hybridized carbons (Fsp3) is 0.462. The minimum atomic E-state index is -0.941. The summed E-state index contributed by atoms with van der Waals surface area (Å²) in [4.78, 5) is 11.3. The molecule has 0 aliphatic heterocycles. The zero-order valence-electron chi connectivity index (χ0n) is 10.4. The minimum Gasteiger partial charge on any atom is -0.496 e. The van der Waals surface area contributed by atoms with E-state index < -0.39 is 11.4 Å². The molecule has 0 atom stereocenters. The van der Waals surface area contributed by atoms with Gasteiger partial charge in [0, 0.05) is 5.56 Å². The molecule has 3 heteroatoms. The van der Waals surface area contributed by atoms with Gasteiger partial charge in [0.05, 0.1) is 12.5 Å². The third kappa shape index (κ3) is 2.03. The van der Waals surface area contributed by atoms with E-state index in [1.807, 2.05) is 26.0 Å². The summed E-state index contributed by atoms with van der Waals surface area (Å²) in [5, 5.41) is 9.25. The van der Waals surface area contributed by atoms with Crippen molar-refractivity contribution in [3.05, 3.63) is 28.8 Å². The normalized spacial score (nSPS) is 11.3. The molecule has 0 bridgehead atoms. The lowest BCUT2D eigenvalue weighted by Gasteiger charge is -2.25. The number of aryl methyl sites for hydroxylation is 2. The third-order valence-corrected chi connectivity index (χ3v) is 2.82. The summed E-state index contributed by atoms with van der Waals surface area (Å²) in [6, 6.07) is 3.84. The van der Waals surface area contributed by atoms with Crippen LogP contribution in [0.5, 0.6) is 5.75 Å². The van der Waals surface area contributed by atoms with Crippen LogP contribution in [0, 0.1) is 13.8 Å². The monoisotopic (exact) mass is 222 g/mol. The van der Waals surface area contributed by atoms with Crippen molar-refractivity contribution in [3.8, 4) is 5.75 Å². The van der Waals surface area contributed by atoms with E-state index in [9.17, 15) is 9.90 Å². The Balaban J connectivity index is 3.49. The molecule has 88 valence electrons. The van der Waals surface area contributed by atoms with Crippen molar-refractivity contribution < 1.29 is 14.6 Å². The van der Waals surface area contributed by atoms with Crippen LogP contribution in [-0.2, 0) is 10.2 Å². The molecule has 0 amide bonds. The Morgan fingerprint density at radius 3 is 2.31 bits per heavy atom. The van der Waals surface area contributed by atoms with Crippen LogP contribution in [0.25, 0.3) is 0 Å². The van der Waals surface area contributed by atoms with Gasteiger partial charge >= 0.3 is 5.97 Å². The molecule has 0 aliphatic rings. The first-order valence-electron chi connectivity index (χ1n) is 5.19. The Kier molecular flexibility index (Phi) is 3.27. The number of benzene rings is 1. The van der Waals surface area contributed by atoms with Crippen LogP contribution < -0.4 is 4.74 Å². The SMILES string of the molecule is COc1cc(C)cc(C)c1C(C)(C)C(=O)O. The first kappa shape index (κ1) is 12.6. The molecule has 0 unspecified atom stereocenters. The first-order chi connectivity index (χ1) is 7.30. The smallest absolute Gasteiger partial charge is 0.313 e. The number of carbonyl (C=O) groups is 1. The summed E-state index contributed by atoms with van der Waals surface area (Å²) < 4.78 is 5.28. The van der Waals surface area contributed by atoms with Crippen LogP contribution in [0.4, 0.5) is 0 Å². The number of hydrogen-bond donors (Lipinski definition) is 1. The highest BCUT2D eigenvalue weighted by atomic mass is 16.5. The molecule has 0 aliphatic carbocycles. The standard InChI is InChI=1S/C13H18O3/c1-8-6-9(2)11(10(7-8)16-5)13(3,4)12(14)15/h6-7H,1-5H3,(H,14,15). The molecule has 0 spiro atoms. The lowest BCUT2D eigenvalue weighted by molar-refractivity contribution is -0.142. The van der Waals surface area contributed by atoms with E-state index in [1.165, 1.54) is 0 Å². The van der Waals surface area contributed by atoms with Crippen LogP contribution in [0.1, 0.15) is 30.5 Å². The van der Waals surface area contributed by atoms with Gasteiger partial charge in [-0.2, -0.15) is 0 Å². The second kappa shape index (κ2) is 4.16. The maximum absolute atomic E-state index is 11.3. The number of rotatable bonds is 3. The number of carboxylic acids is 1. The van der Waals surface area contributed by atoms with Gasteiger partial charge in [0.25, 0.3) is 0 Å².